The van der Waals surface area contributed by atoms with E-state index in [1.807, 2.05) is 6.92 Å². The van der Waals surface area contributed by atoms with Gasteiger partial charge in [-0.05, 0) is 32.0 Å². The van der Waals surface area contributed by atoms with E-state index in [9.17, 15) is 4.79 Å². The van der Waals surface area contributed by atoms with Crippen LogP contribution in [0.15, 0.2) is 18.2 Å². The van der Waals surface area contributed by atoms with Gasteiger partial charge in [-0.3, -0.25) is 9.48 Å². The molecule has 0 aliphatic heterocycles. The van der Waals surface area contributed by atoms with E-state index >= 15 is 0 Å². The third-order valence-electron chi connectivity index (χ3n) is 2.85. The van der Waals surface area contributed by atoms with E-state index in [-0.39, 0.29) is 12.5 Å². The fourth-order valence-electron chi connectivity index (χ4n) is 1.79. The number of nitrogens with one attached hydrogen (secondary N) is 1. The maximum absolute atomic E-state index is 12.0. The number of amides is 1. The lowest BCUT2D eigenvalue weighted by Crippen LogP contribution is -2.20. The van der Waals surface area contributed by atoms with Crippen molar-refractivity contribution in [2.24, 2.45) is 0 Å². The summed E-state index contributed by atoms with van der Waals surface area (Å²) < 4.78 is 1.55. The standard InChI is InChI=1S/C13H14Cl2N4O/c1-7-13(15)8(2)19(18-7)6-12(20)17-11-5-9(16)3-4-10(11)14/h3-5H,6,16H2,1-2H3,(H,17,20). The van der Waals surface area contributed by atoms with Gasteiger partial charge in [0.1, 0.15) is 6.54 Å². The Balaban J connectivity index is 2.13. The molecule has 0 saturated carbocycles. The molecule has 3 N–H and O–H groups in total. The van der Waals surface area contributed by atoms with Crippen LogP contribution in [-0.4, -0.2) is 15.7 Å². The second kappa shape index (κ2) is 5.73. The van der Waals surface area contributed by atoms with Crippen molar-refractivity contribution in [3.63, 3.8) is 0 Å². The minimum Gasteiger partial charge on any atom is -0.399 e. The number of aromatic nitrogens is 2. The largest absolute Gasteiger partial charge is 0.399 e. The first-order valence-corrected chi connectivity index (χ1v) is 6.68. The highest BCUT2D eigenvalue weighted by Gasteiger charge is 2.13. The van der Waals surface area contributed by atoms with Gasteiger partial charge in [0.15, 0.2) is 0 Å². The molecule has 1 aromatic carbocycles. The Bertz CT molecular complexity index is 667. The number of rotatable bonds is 3. The summed E-state index contributed by atoms with van der Waals surface area (Å²) in [5.74, 6) is -0.250. The number of nitrogens with two attached hydrogens (primary N) is 1. The quantitative estimate of drug-likeness (QED) is 0.856. The van der Waals surface area contributed by atoms with Gasteiger partial charge in [0.2, 0.25) is 5.91 Å². The number of carbonyl (C=O) groups excluding carboxylic acids is 1. The number of halogens is 2. The zero-order chi connectivity index (χ0) is 14.9. The topological polar surface area (TPSA) is 72.9 Å². The third kappa shape index (κ3) is 3.05. The van der Waals surface area contributed by atoms with E-state index in [2.05, 4.69) is 10.4 Å². The Morgan fingerprint density at radius 2 is 2.10 bits per heavy atom. The van der Waals surface area contributed by atoms with Gasteiger partial charge in [-0.25, -0.2) is 0 Å². The van der Waals surface area contributed by atoms with Crippen molar-refractivity contribution in [2.45, 2.75) is 20.4 Å². The molecule has 1 heterocycles. The zero-order valence-electron chi connectivity index (χ0n) is 11.1. The Morgan fingerprint density at radius 1 is 1.40 bits per heavy atom. The highest BCUT2D eigenvalue weighted by molar-refractivity contribution is 6.33. The van der Waals surface area contributed by atoms with E-state index < -0.39 is 0 Å². The number of benzene rings is 1. The van der Waals surface area contributed by atoms with Gasteiger partial charge < -0.3 is 11.1 Å². The fraction of sp³-hybridized carbons (Fsp3) is 0.231. The Morgan fingerprint density at radius 3 is 2.70 bits per heavy atom. The Kier molecular flexibility index (Phi) is 4.20. The first-order chi connectivity index (χ1) is 9.38. The number of anilines is 2. The normalized spacial score (nSPS) is 10.6. The number of nitrogens with zero attached hydrogens (tertiary/aromatic N) is 2. The molecule has 5 nitrogen and oxygen atoms in total. The summed E-state index contributed by atoms with van der Waals surface area (Å²) in [7, 11) is 0. The predicted octanol–water partition coefficient (Wildman–Crippen LogP) is 3.03. The van der Waals surface area contributed by atoms with Crippen molar-refractivity contribution in [2.75, 3.05) is 11.1 Å². The smallest absolute Gasteiger partial charge is 0.246 e. The molecule has 2 rings (SSSR count). The summed E-state index contributed by atoms with van der Waals surface area (Å²) in [4.78, 5) is 12.0. The lowest BCUT2D eigenvalue weighted by atomic mass is 10.3. The maximum Gasteiger partial charge on any atom is 0.246 e. The first kappa shape index (κ1) is 14.7. The zero-order valence-corrected chi connectivity index (χ0v) is 12.6. The number of hydrogen-bond donors (Lipinski definition) is 2. The molecule has 106 valence electrons. The summed E-state index contributed by atoms with van der Waals surface area (Å²) in [5.41, 5.74) is 8.10. The van der Waals surface area contributed by atoms with E-state index in [4.69, 9.17) is 28.9 Å². The van der Waals surface area contributed by atoms with Gasteiger partial charge in [-0.2, -0.15) is 5.10 Å². The minimum atomic E-state index is -0.250. The summed E-state index contributed by atoms with van der Waals surface area (Å²) in [6.07, 6.45) is 0. The molecule has 0 bridgehead atoms. The molecule has 0 saturated heterocycles. The monoisotopic (exact) mass is 312 g/mol. The lowest BCUT2D eigenvalue weighted by molar-refractivity contribution is -0.116. The van der Waals surface area contributed by atoms with Gasteiger partial charge in [-0.1, -0.05) is 23.2 Å². The molecule has 0 aliphatic rings. The van der Waals surface area contributed by atoms with Gasteiger partial charge in [0.05, 0.1) is 27.1 Å². The molecular formula is C13H14Cl2N4O. The molecule has 2 aromatic rings. The number of nitrogen functional groups attached to an aromatic ring is 1. The summed E-state index contributed by atoms with van der Waals surface area (Å²) in [6, 6.07) is 4.90. The fourth-order valence-corrected chi connectivity index (χ4v) is 2.09. The molecule has 0 atom stereocenters. The molecule has 7 heteroatoms. The van der Waals surface area contributed by atoms with Crippen LogP contribution < -0.4 is 11.1 Å². The van der Waals surface area contributed by atoms with Crippen LogP contribution in [0.4, 0.5) is 11.4 Å². The summed E-state index contributed by atoms with van der Waals surface area (Å²) >= 11 is 12.0. The Hall–Kier alpha value is -1.72. The highest BCUT2D eigenvalue weighted by Crippen LogP contribution is 2.24. The summed E-state index contributed by atoms with van der Waals surface area (Å²) in [6.45, 7) is 3.66. The molecule has 1 amide bonds. The van der Waals surface area contributed by atoms with Gasteiger partial charge in [-0.15, -0.1) is 0 Å². The predicted molar refractivity (Wildman–Crippen MR) is 81.2 cm³/mol. The van der Waals surface area contributed by atoms with Crippen LogP contribution in [0.3, 0.4) is 0 Å². The van der Waals surface area contributed by atoms with Gasteiger partial charge >= 0.3 is 0 Å². The van der Waals surface area contributed by atoms with Gasteiger partial charge in [0.25, 0.3) is 0 Å². The van der Waals surface area contributed by atoms with E-state index in [1.54, 1.807) is 29.8 Å². The van der Waals surface area contributed by atoms with Crippen molar-refractivity contribution in [1.82, 2.24) is 9.78 Å². The molecule has 0 unspecified atom stereocenters. The average molecular weight is 313 g/mol. The number of hydrogen-bond acceptors (Lipinski definition) is 3. The van der Waals surface area contributed by atoms with Crippen LogP contribution in [0.1, 0.15) is 11.4 Å². The van der Waals surface area contributed by atoms with E-state index in [0.29, 0.717) is 27.1 Å². The van der Waals surface area contributed by atoms with Crippen molar-refractivity contribution >= 4 is 40.5 Å². The molecule has 0 aliphatic carbocycles. The average Bonchev–Trinajstić information content (AvgIpc) is 2.61. The highest BCUT2D eigenvalue weighted by atomic mass is 35.5. The molecule has 0 spiro atoms. The molecule has 20 heavy (non-hydrogen) atoms. The second-order valence-corrected chi connectivity index (χ2v) is 5.22. The molecule has 0 fully saturated rings. The van der Waals surface area contributed by atoms with Crippen molar-refractivity contribution < 1.29 is 4.79 Å². The van der Waals surface area contributed by atoms with Crippen LogP contribution in [0.2, 0.25) is 10.0 Å². The van der Waals surface area contributed by atoms with Crippen LogP contribution >= 0.6 is 23.2 Å². The molecular weight excluding hydrogens is 299 g/mol. The maximum atomic E-state index is 12.0. The van der Waals surface area contributed by atoms with Crippen LogP contribution in [-0.2, 0) is 11.3 Å². The molecule has 0 radical (unpaired) electrons. The first-order valence-electron chi connectivity index (χ1n) is 5.93. The van der Waals surface area contributed by atoms with E-state index in [0.717, 1.165) is 5.69 Å². The van der Waals surface area contributed by atoms with Crippen molar-refractivity contribution in [3.05, 3.63) is 39.6 Å². The number of aryl methyl sites for hydroxylation is 1. The SMILES string of the molecule is Cc1nn(CC(=O)Nc2cc(N)ccc2Cl)c(C)c1Cl. The molecule has 1 aromatic heterocycles. The minimum absolute atomic E-state index is 0.0600. The van der Waals surface area contributed by atoms with Crippen molar-refractivity contribution in [1.29, 1.82) is 0 Å². The summed E-state index contributed by atoms with van der Waals surface area (Å²) in [5, 5.41) is 7.90. The van der Waals surface area contributed by atoms with Crippen LogP contribution in [0, 0.1) is 13.8 Å². The van der Waals surface area contributed by atoms with Crippen LogP contribution in [0.5, 0.6) is 0 Å². The second-order valence-electron chi connectivity index (χ2n) is 4.43. The van der Waals surface area contributed by atoms with Crippen molar-refractivity contribution in [3.8, 4) is 0 Å². The lowest BCUT2D eigenvalue weighted by Gasteiger charge is -2.09. The van der Waals surface area contributed by atoms with Crippen LogP contribution in [0.25, 0.3) is 0 Å². The van der Waals surface area contributed by atoms with E-state index in [1.165, 1.54) is 0 Å². The van der Waals surface area contributed by atoms with Gasteiger partial charge in [0, 0.05) is 5.69 Å². The Labute approximate surface area is 126 Å². The number of carbonyl (C=O) groups is 1. The third-order valence-corrected chi connectivity index (χ3v) is 3.73.